The van der Waals surface area contributed by atoms with E-state index < -0.39 is 5.82 Å². The van der Waals surface area contributed by atoms with Gasteiger partial charge in [-0.25, -0.2) is 4.39 Å². The molecule has 1 aromatic carbocycles. The first-order chi connectivity index (χ1) is 10.2. The number of halogens is 1. The van der Waals surface area contributed by atoms with Crippen molar-refractivity contribution in [1.29, 1.82) is 0 Å². The minimum absolute atomic E-state index is 0.156. The molecule has 1 saturated heterocycles. The fourth-order valence-corrected chi connectivity index (χ4v) is 2.94. The van der Waals surface area contributed by atoms with Gasteiger partial charge >= 0.3 is 0 Å². The molecule has 0 bridgehead atoms. The summed E-state index contributed by atoms with van der Waals surface area (Å²) < 4.78 is 16.0. The molecule has 0 radical (unpaired) electrons. The SMILES string of the molecule is Cc1ccc(F)c(C(=O)c2cccn2C2CCNCC2)c1. The van der Waals surface area contributed by atoms with Crippen molar-refractivity contribution in [3.63, 3.8) is 0 Å². The Labute approximate surface area is 123 Å². The van der Waals surface area contributed by atoms with Gasteiger partial charge in [0.1, 0.15) is 5.82 Å². The molecule has 1 fully saturated rings. The molecule has 1 aromatic heterocycles. The average Bonchev–Trinajstić information content (AvgIpc) is 2.99. The van der Waals surface area contributed by atoms with Gasteiger partial charge in [0.25, 0.3) is 0 Å². The Morgan fingerprint density at radius 1 is 1.29 bits per heavy atom. The van der Waals surface area contributed by atoms with Crippen LogP contribution in [-0.2, 0) is 0 Å². The van der Waals surface area contributed by atoms with Crippen molar-refractivity contribution in [2.75, 3.05) is 13.1 Å². The summed E-state index contributed by atoms with van der Waals surface area (Å²) in [7, 11) is 0. The normalized spacial score (nSPS) is 16.1. The Bertz CT molecular complexity index is 657. The van der Waals surface area contributed by atoms with Crippen LogP contribution in [0.3, 0.4) is 0 Å². The van der Waals surface area contributed by atoms with E-state index in [1.807, 2.05) is 23.8 Å². The Morgan fingerprint density at radius 3 is 2.81 bits per heavy atom. The molecular weight excluding hydrogens is 267 g/mol. The Kier molecular flexibility index (Phi) is 3.88. The molecule has 0 aliphatic carbocycles. The summed E-state index contributed by atoms with van der Waals surface area (Å²) in [5.74, 6) is -0.691. The van der Waals surface area contributed by atoms with Gasteiger partial charge < -0.3 is 9.88 Å². The fraction of sp³-hybridized carbons (Fsp3) is 0.353. The van der Waals surface area contributed by atoms with Crippen LogP contribution in [0.1, 0.15) is 40.5 Å². The maximum absolute atomic E-state index is 13.9. The number of hydrogen-bond donors (Lipinski definition) is 1. The smallest absolute Gasteiger partial charge is 0.212 e. The summed E-state index contributed by atoms with van der Waals surface area (Å²) in [5, 5.41) is 3.32. The molecule has 0 saturated carbocycles. The zero-order chi connectivity index (χ0) is 14.8. The summed E-state index contributed by atoms with van der Waals surface area (Å²) in [6.07, 6.45) is 3.91. The predicted octanol–water partition coefficient (Wildman–Crippen LogP) is 3.09. The van der Waals surface area contributed by atoms with Crippen molar-refractivity contribution < 1.29 is 9.18 Å². The molecule has 1 N–H and O–H groups in total. The number of aromatic nitrogens is 1. The zero-order valence-electron chi connectivity index (χ0n) is 12.1. The van der Waals surface area contributed by atoms with Crippen molar-refractivity contribution in [3.8, 4) is 0 Å². The van der Waals surface area contributed by atoms with Crippen LogP contribution in [0.25, 0.3) is 0 Å². The molecule has 0 amide bonds. The molecule has 1 aliphatic rings. The van der Waals surface area contributed by atoms with Crippen LogP contribution >= 0.6 is 0 Å². The number of ketones is 1. The van der Waals surface area contributed by atoms with Crippen LogP contribution in [0.2, 0.25) is 0 Å². The summed E-state index contributed by atoms with van der Waals surface area (Å²) in [4.78, 5) is 12.7. The van der Waals surface area contributed by atoms with Gasteiger partial charge in [0.05, 0.1) is 11.3 Å². The lowest BCUT2D eigenvalue weighted by Gasteiger charge is -2.26. The third-order valence-corrected chi connectivity index (χ3v) is 4.08. The molecule has 0 unspecified atom stereocenters. The van der Waals surface area contributed by atoms with Crippen LogP contribution in [-0.4, -0.2) is 23.4 Å². The standard InChI is InChI=1S/C17H19FN2O/c1-12-4-5-15(18)14(11-12)17(21)16-3-2-10-20(16)13-6-8-19-9-7-13/h2-5,10-11,13,19H,6-9H2,1H3. The topological polar surface area (TPSA) is 34.0 Å². The van der Waals surface area contributed by atoms with Gasteiger partial charge in [-0.15, -0.1) is 0 Å². The van der Waals surface area contributed by atoms with Gasteiger partial charge in [-0.2, -0.15) is 0 Å². The number of benzene rings is 1. The second kappa shape index (κ2) is 5.82. The van der Waals surface area contributed by atoms with Crippen molar-refractivity contribution in [3.05, 3.63) is 59.2 Å². The van der Waals surface area contributed by atoms with Crippen molar-refractivity contribution in [2.45, 2.75) is 25.8 Å². The fourth-order valence-electron chi connectivity index (χ4n) is 2.94. The number of rotatable bonds is 3. The van der Waals surface area contributed by atoms with Crippen molar-refractivity contribution in [2.24, 2.45) is 0 Å². The van der Waals surface area contributed by atoms with Crippen LogP contribution in [0.15, 0.2) is 36.5 Å². The molecule has 0 spiro atoms. The predicted molar refractivity (Wildman–Crippen MR) is 80.1 cm³/mol. The van der Waals surface area contributed by atoms with E-state index >= 15 is 0 Å². The highest BCUT2D eigenvalue weighted by Crippen LogP contribution is 2.24. The van der Waals surface area contributed by atoms with Crippen molar-refractivity contribution in [1.82, 2.24) is 9.88 Å². The minimum Gasteiger partial charge on any atom is -0.342 e. The van der Waals surface area contributed by atoms with Gasteiger partial charge in [0, 0.05) is 12.2 Å². The summed E-state index contributed by atoms with van der Waals surface area (Å²) in [6, 6.07) is 8.62. The minimum atomic E-state index is -0.455. The van der Waals surface area contributed by atoms with Crippen LogP contribution in [0.5, 0.6) is 0 Å². The molecule has 110 valence electrons. The van der Waals surface area contributed by atoms with Gasteiger partial charge in [-0.1, -0.05) is 11.6 Å². The van der Waals surface area contributed by atoms with E-state index in [0.29, 0.717) is 11.7 Å². The lowest BCUT2D eigenvalue weighted by Crippen LogP contribution is -2.30. The number of piperidine rings is 1. The molecule has 1 aliphatic heterocycles. The maximum atomic E-state index is 13.9. The average molecular weight is 286 g/mol. The van der Waals surface area contributed by atoms with Gasteiger partial charge in [-0.3, -0.25) is 4.79 Å². The number of nitrogens with one attached hydrogen (secondary N) is 1. The highest BCUT2D eigenvalue weighted by atomic mass is 19.1. The third-order valence-electron chi connectivity index (χ3n) is 4.08. The third kappa shape index (κ3) is 2.76. The Morgan fingerprint density at radius 2 is 2.05 bits per heavy atom. The molecule has 2 aromatic rings. The largest absolute Gasteiger partial charge is 0.342 e. The Balaban J connectivity index is 1.95. The molecule has 0 atom stereocenters. The maximum Gasteiger partial charge on any atom is 0.212 e. The van der Waals surface area contributed by atoms with Gasteiger partial charge in [0.15, 0.2) is 0 Å². The second-order valence-electron chi connectivity index (χ2n) is 5.59. The first-order valence-corrected chi connectivity index (χ1v) is 7.35. The van der Waals surface area contributed by atoms with E-state index in [1.54, 1.807) is 18.2 Å². The van der Waals surface area contributed by atoms with E-state index in [4.69, 9.17) is 0 Å². The van der Waals surface area contributed by atoms with Gasteiger partial charge in [0.2, 0.25) is 5.78 Å². The van der Waals surface area contributed by atoms with Crippen LogP contribution in [0, 0.1) is 12.7 Å². The number of carbonyl (C=O) groups excluding carboxylic acids is 1. The highest BCUT2D eigenvalue weighted by Gasteiger charge is 2.22. The lowest BCUT2D eigenvalue weighted by molar-refractivity contribution is 0.102. The quantitative estimate of drug-likeness (QED) is 0.880. The first kappa shape index (κ1) is 14.0. The van der Waals surface area contributed by atoms with Gasteiger partial charge in [-0.05, 0) is 57.1 Å². The summed E-state index contributed by atoms with van der Waals surface area (Å²) >= 11 is 0. The van der Waals surface area contributed by atoms with E-state index in [9.17, 15) is 9.18 Å². The monoisotopic (exact) mass is 286 g/mol. The van der Waals surface area contributed by atoms with E-state index in [-0.39, 0.29) is 11.3 Å². The summed E-state index contributed by atoms with van der Waals surface area (Å²) in [6.45, 7) is 3.77. The molecular formula is C17H19FN2O. The van der Waals surface area contributed by atoms with E-state index in [1.165, 1.54) is 6.07 Å². The van der Waals surface area contributed by atoms with E-state index in [2.05, 4.69) is 5.32 Å². The zero-order valence-corrected chi connectivity index (χ0v) is 12.1. The number of carbonyl (C=O) groups is 1. The summed E-state index contributed by atoms with van der Waals surface area (Å²) in [5.41, 5.74) is 1.62. The second-order valence-corrected chi connectivity index (χ2v) is 5.59. The first-order valence-electron chi connectivity index (χ1n) is 7.35. The van der Waals surface area contributed by atoms with Crippen LogP contribution in [0.4, 0.5) is 4.39 Å². The molecule has 3 rings (SSSR count). The Hall–Kier alpha value is -1.94. The molecule has 3 nitrogen and oxygen atoms in total. The number of aryl methyl sites for hydroxylation is 1. The van der Waals surface area contributed by atoms with E-state index in [0.717, 1.165) is 31.5 Å². The molecule has 21 heavy (non-hydrogen) atoms. The number of nitrogens with zero attached hydrogens (tertiary/aromatic N) is 1. The highest BCUT2D eigenvalue weighted by molar-refractivity contribution is 6.08. The molecule has 4 heteroatoms. The lowest BCUT2D eigenvalue weighted by atomic mass is 10.0. The van der Waals surface area contributed by atoms with Crippen molar-refractivity contribution >= 4 is 5.78 Å². The molecule has 2 heterocycles. The number of hydrogen-bond acceptors (Lipinski definition) is 2. The van der Waals surface area contributed by atoms with Crippen LogP contribution < -0.4 is 5.32 Å².